The van der Waals surface area contributed by atoms with Crippen molar-refractivity contribution in [2.45, 2.75) is 20.4 Å². The molecule has 0 aliphatic rings. The Morgan fingerprint density at radius 2 is 2.13 bits per heavy atom. The van der Waals surface area contributed by atoms with E-state index in [1.807, 2.05) is 13.8 Å². The normalized spacial score (nSPS) is 10.6. The van der Waals surface area contributed by atoms with Gasteiger partial charge in [0.2, 0.25) is 0 Å². The van der Waals surface area contributed by atoms with Crippen molar-refractivity contribution >= 4 is 5.97 Å². The number of hydrogen-bond donors (Lipinski definition) is 2. The summed E-state index contributed by atoms with van der Waals surface area (Å²) < 4.78 is 0.983. The molecule has 0 aliphatic carbocycles. The highest BCUT2D eigenvalue weighted by Crippen LogP contribution is 1.93. The van der Waals surface area contributed by atoms with E-state index >= 15 is 0 Å². The molecule has 6 nitrogen and oxygen atoms in total. The molecule has 82 valence electrons. The van der Waals surface area contributed by atoms with E-state index < -0.39 is 17.2 Å². The molecule has 0 unspecified atom stereocenters. The smallest absolute Gasteiger partial charge is 0.352 e. The predicted molar refractivity (Wildman–Crippen MR) is 53.1 cm³/mol. The van der Waals surface area contributed by atoms with Gasteiger partial charge in [0.1, 0.15) is 5.69 Å². The van der Waals surface area contributed by atoms with Gasteiger partial charge < -0.3 is 10.1 Å². The van der Waals surface area contributed by atoms with E-state index in [9.17, 15) is 14.4 Å². The van der Waals surface area contributed by atoms with Crippen LogP contribution < -0.4 is 11.2 Å². The van der Waals surface area contributed by atoms with Crippen LogP contribution in [0.1, 0.15) is 24.3 Å². The second-order valence-corrected chi connectivity index (χ2v) is 3.64. The molecule has 1 heterocycles. The van der Waals surface area contributed by atoms with Gasteiger partial charge in [0, 0.05) is 12.6 Å². The highest BCUT2D eigenvalue weighted by molar-refractivity contribution is 5.84. The molecule has 0 fully saturated rings. The fourth-order valence-electron chi connectivity index (χ4n) is 1.17. The lowest BCUT2D eigenvalue weighted by Gasteiger charge is -2.06. The standard InChI is InChI=1S/C9H12N2O4/c1-5(2)4-11-7(12)3-6(8(13)14)10-9(11)15/h3,5H,4H2,1-2H3,(H,10,15)(H,13,14). The molecule has 0 saturated carbocycles. The topological polar surface area (TPSA) is 92.2 Å². The van der Waals surface area contributed by atoms with Crippen molar-refractivity contribution < 1.29 is 9.90 Å². The Labute approximate surface area is 85.2 Å². The number of aromatic nitrogens is 2. The van der Waals surface area contributed by atoms with Crippen molar-refractivity contribution in [3.05, 3.63) is 32.6 Å². The largest absolute Gasteiger partial charge is 0.477 e. The van der Waals surface area contributed by atoms with Gasteiger partial charge in [0.25, 0.3) is 5.56 Å². The van der Waals surface area contributed by atoms with Crippen LogP contribution in [-0.2, 0) is 6.54 Å². The molecule has 1 aromatic heterocycles. The number of nitrogens with one attached hydrogen (secondary N) is 1. The van der Waals surface area contributed by atoms with E-state index in [4.69, 9.17) is 5.11 Å². The molecule has 1 aromatic rings. The Bertz CT molecular complexity index is 452. The molecule has 6 heteroatoms. The SMILES string of the molecule is CC(C)Cn1c(=O)cc(C(=O)O)[nH]c1=O. The average Bonchev–Trinajstić information content (AvgIpc) is 2.10. The minimum absolute atomic E-state index is 0.138. The molecule has 0 aromatic carbocycles. The fourth-order valence-corrected chi connectivity index (χ4v) is 1.17. The fraction of sp³-hybridized carbons (Fsp3) is 0.444. The van der Waals surface area contributed by atoms with Gasteiger partial charge >= 0.3 is 11.7 Å². The van der Waals surface area contributed by atoms with Crippen molar-refractivity contribution in [2.24, 2.45) is 5.92 Å². The van der Waals surface area contributed by atoms with Crippen LogP contribution in [0.4, 0.5) is 0 Å². The van der Waals surface area contributed by atoms with Crippen LogP contribution in [0.2, 0.25) is 0 Å². The molecule has 2 N–H and O–H groups in total. The summed E-state index contributed by atoms with van der Waals surface area (Å²) in [4.78, 5) is 35.4. The van der Waals surface area contributed by atoms with Crippen LogP contribution in [-0.4, -0.2) is 20.6 Å². The van der Waals surface area contributed by atoms with Gasteiger partial charge in [-0.05, 0) is 5.92 Å². The first-order valence-electron chi connectivity index (χ1n) is 4.49. The van der Waals surface area contributed by atoms with Crippen molar-refractivity contribution in [3.8, 4) is 0 Å². The van der Waals surface area contributed by atoms with Gasteiger partial charge in [0.05, 0.1) is 0 Å². The van der Waals surface area contributed by atoms with Gasteiger partial charge in [-0.15, -0.1) is 0 Å². The van der Waals surface area contributed by atoms with Crippen LogP contribution in [0, 0.1) is 5.92 Å². The number of carboxylic acids is 1. The van der Waals surface area contributed by atoms with Crippen molar-refractivity contribution in [2.75, 3.05) is 0 Å². The van der Waals surface area contributed by atoms with Crippen LogP contribution in [0.3, 0.4) is 0 Å². The lowest BCUT2D eigenvalue weighted by molar-refractivity contribution is 0.0689. The zero-order chi connectivity index (χ0) is 11.6. The second-order valence-electron chi connectivity index (χ2n) is 3.64. The van der Waals surface area contributed by atoms with Crippen LogP contribution in [0.25, 0.3) is 0 Å². The van der Waals surface area contributed by atoms with E-state index in [1.165, 1.54) is 0 Å². The Kier molecular flexibility index (Phi) is 3.08. The first-order chi connectivity index (χ1) is 6.91. The van der Waals surface area contributed by atoms with E-state index in [2.05, 4.69) is 4.98 Å². The Balaban J connectivity index is 3.28. The second kappa shape index (κ2) is 4.12. The van der Waals surface area contributed by atoms with Crippen molar-refractivity contribution in [1.29, 1.82) is 0 Å². The summed E-state index contributed by atoms with van der Waals surface area (Å²) in [5.41, 5.74) is -1.66. The number of aromatic amines is 1. The predicted octanol–water partition coefficient (Wildman–Crippen LogP) is -0.109. The van der Waals surface area contributed by atoms with Gasteiger partial charge in [0.15, 0.2) is 0 Å². The van der Waals surface area contributed by atoms with E-state index in [0.717, 1.165) is 10.6 Å². The number of carbonyl (C=O) groups is 1. The lowest BCUT2D eigenvalue weighted by Crippen LogP contribution is -2.37. The Morgan fingerprint density at radius 1 is 1.53 bits per heavy atom. The molecule has 0 atom stereocenters. The monoisotopic (exact) mass is 212 g/mol. The van der Waals surface area contributed by atoms with Gasteiger partial charge in [-0.1, -0.05) is 13.8 Å². The number of nitrogens with zero attached hydrogens (tertiary/aromatic N) is 1. The van der Waals surface area contributed by atoms with Gasteiger partial charge in [-0.3, -0.25) is 9.36 Å². The molecule has 0 aliphatic heterocycles. The summed E-state index contributed by atoms with van der Waals surface area (Å²) in [6.45, 7) is 3.99. The molecule has 0 saturated heterocycles. The minimum atomic E-state index is -1.32. The summed E-state index contributed by atoms with van der Waals surface area (Å²) in [6.07, 6.45) is 0. The maximum atomic E-state index is 11.4. The zero-order valence-corrected chi connectivity index (χ0v) is 8.48. The first kappa shape index (κ1) is 11.2. The number of carboxylic acid groups (broad SMARTS) is 1. The van der Waals surface area contributed by atoms with Crippen molar-refractivity contribution in [3.63, 3.8) is 0 Å². The summed E-state index contributed by atoms with van der Waals surface area (Å²) in [5.74, 6) is -1.18. The maximum absolute atomic E-state index is 11.4. The number of hydrogen-bond acceptors (Lipinski definition) is 3. The summed E-state index contributed by atoms with van der Waals surface area (Å²) >= 11 is 0. The molecule has 0 bridgehead atoms. The summed E-state index contributed by atoms with van der Waals surface area (Å²) in [7, 11) is 0. The Hall–Kier alpha value is -1.85. The number of aromatic carboxylic acids is 1. The van der Waals surface area contributed by atoms with E-state index in [0.29, 0.717) is 0 Å². The van der Waals surface area contributed by atoms with Crippen LogP contribution >= 0.6 is 0 Å². The van der Waals surface area contributed by atoms with Gasteiger partial charge in [-0.2, -0.15) is 0 Å². The van der Waals surface area contributed by atoms with Crippen LogP contribution in [0.5, 0.6) is 0 Å². The molecule has 15 heavy (non-hydrogen) atoms. The first-order valence-corrected chi connectivity index (χ1v) is 4.49. The Morgan fingerprint density at radius 3 is 2.53 bits per heavy atom. The third-order valence-electron chi connectivity index (χ3n) is 1.80. The highest BCUT2D eigenvalue weighted by Gasteiger charge is 2.09. The molecule has 1 rings (SSSR count). The lowest BCUT2D eigenvalue weighted by atomic mass is 10.2. The average molecular weight is 212 g/mol. The van der Waals surface area contributed by atoms with Crippen LogP contribution in [0.15, 0.2) is 15.7 Å². The molecule has 0 radical (unpaired) electrons. The third-order valence-corrected chi connectivity index (χ3v) is 1.80. The van der Waals surface area contributed by atoms with E-state index in [1.54, 1.807) is 0 Å². The number of rotatable bonds is 3. The molecule has 0 amide bonds. The van der Waals surface area contributed by atoms with E-state index in [-0.39, 0.29) is 18.2 Å². The summed E-state index contributed by atoms with van der Waals surface area (Å²) in [6, 6.07) is 0.909. The molecular weight excluding hydrogens is 200 g/mol. The zero-order valence-electron chi connectivity index (χ0n) is 8.48. The molecule has 0 spiro atoms. The summed E-state index contributed by atoms with van der Waals surface area (Å²) in [5, 5.41) is 8.59. The number of H-pyrrole nitrogens is 1. The quantitative estimate of drug-likeness (QED) is 0.731. The third kappa shape index (κ3) is 2.55. The van der Waals surface area contributed by atoms with Crippen molar-refractivity contribution in [1.82, 2.24) is 9.55 Å². The molecular formula is C9H12N2O4. The maximum Gasteiger partial charge on any atom is 0.352 e. The van der Waals surface area contributed by atoms with Gasteiger partial charge in [-0.25, -0.2) is 9.59 Å². The highest BCUT2D eigenvalue weighted by atomic mass is 16.4. The minimum Gasteiger partial charge on any atom is -0.477 e.